The zero-order chi connectivity index (χ0) is 49.1. The number of carboxylic acid groups (broad SMARTS) is 1. The van der Waals surface area contributed by atoms with Gasteiger partial charge in [-0.3, -0.25) is 9.97 Å². The summed E-state index contributed by atoms with van der Waals surface area (Å²) in [4.78, 5) is 62.2. The lowest BCUT2D eigenvalue weighted by Crippen LogP contribution is -2.46. The molecule has 8 aromatic rings. The van der Waals surface area contributed by atoms with Crippen LogP contribution in [0.4, 0.5) is 9.59 Å². The third kappa shape index (κ3) is 9.92. The van der Waals surface area contributed by atoms with Gasteiger partial charge in [0.25, 0.3) is 0 Å². The van der Waals surface area contributed by atoms with Gasteiger partial charge >= 0.3 is 24.1 Å². The summed E-state index contributed by atoms with van der Waals surface area (Å²) < 4.78 is 17.9. The molecule has 0 spiro atoms. The zero-order valence-corrected chi connectivity index (χ0v) is 39.3. The predicted molar refractivity (Wildman–Crippen MR) is 271 cm³/mol. The molecule has 3 atom stereocenters. The first-order valence-corrected chi connectivity index (χ1v) is 23.9. The van der Waals surface area contributed by atoms with Gasteiger partial charge in [-0.2, -0.15) is 0 Å². The van der Waals surface area contributed by atoms with Crippen molar-refractivity contribution < 1.29 is 38.5 Å². The lowest BCUT2D eigenvalue weighted by molar-refractivity contribution is -0.159. The van der Waals surface area contributed by atoms with Gasteiger partial charge in [-0.1, -0.05) is 140 Å². The Balaban J connectivity index is 0.799. The van der Waals surface area contributed by atoms with Crippen LogP contribution >= 0.6 is 0 Å². The Labute approximate surface area is 411 Å². The maximum atomic E-state index is 14.3. The van der Waals surface area contributed by atoms with Gasteiger partial charge in [-0.25, -0.2) is 19.2 Å². The third-order valence-electron chi connectivity index (χ3n) is 13.8. The van der Waals surface area contributed by atoms with Gasteiger partial charge in [-0.15, -0.1) is 0 Å². The molecule has 2 aliphatic carbocycles. The van der Waals surface area contributed by atoms with E-state index in [4.69, 9.17) is 14.2 Å². The van der Waals surface area contributed by atoms with E-state index in [1.807, 2.05) is 123 Å². The Bertz CT molecular complexity index is 3280. The number of amides is 2. The number of pyridine rings is 2. The number of carbonyl (C=O) groups excluding carboxylic acids is 3. The summed E-state index contributed by atoms with van der Waals surface area (Å²) in [7, 11) is 0. The van der Waals surface area contributed by atoms with Crippen molar-refractivity contribution in [2.45, 2.75) is 69.1 Å². The molecule has 12 nitrogen and oxygen atoms in total. The Morgan fingerprint density at radius 1 is 0.563 bits per heavy atom. The van der Waals surface area contributed by atoms with Crippen LogP contribution in [-0.4, -0.2) is 70.1 Å². The minimum atomic E-state index is -1.23. The van der Waals surface area contributed by atoms with Crippen molar-refractivity contribution in [2.24, 2.45) is 0 Å². The van der Waals surface area contributed by atoms with Crippen LogP contribution in [0.5, 0.6) is 0 Å². The highest BCUT2D eigenvalue weighted by atomic mass is 16.6. The standard InChI is InChI=1S/C59H52N4O8/c1-59(2,71-56(66)54(29-40-33-61-31-38-14-4-6-16-42(38)40)63-58(68)70-34-51-46-20-10-7-17-43(46)44-18-8-11-21-47(44)51)26-25-36-23-24-49-50(27-36)45-19-9-12-22-48(45)52(49)35-69-57(67)62-53(55(64)65)28-39-32-60-30-37-13-3-5-15-41(37)39/h3-24,27,30-33,51-54H,25-26,28-29,34-35H2,1-2H3,(H,62,67)(H,63,68)(H,64,65)/t52?,53-,54-/m0/s1. The van der Waals surface area contributed by atoms with Gasteiger partial charge in [-0.05, 0) is 98.7 Å². The van der Waals surface area contributed by atoms with Gasteiger partial charge in [0, 0.05) is 60.2 Å². The molecule has 356 valence electrons. The number of fused-ring (bicyclic) bond motifs is 8. The fraction of sp³-hybridized carbons (Fsp3) is 0.220. The van der Waals surface area contributed by atoms with Gasteiger partial charge < -0.3 is 30.0 Å². The molecule has 0 radical (unpaired) electrons. The first-order valence-electron chi connectivity index (χ1n) is 23.9. The van der Waals surface area contributed by atoms with Crippen LogP contribution in [0, 0.1) is 0 Å². The minimum absolute atomic E-state index is 0.000413. The molecule has 0 fully saturated rings. The van der Waals surface area contributed by atoms with Crippen molar-refractivity contribution >= 4 is 45.7 Å². The number of hydrogen-bond donors (Lipinski definition) is 3. The first kappa shape index (κ1) is 46.4. The highest BCUT2D eigenvalue weighted by molar-refractivity contribution is 5.88. The highest BCUT2D eigenvalue weighted by Crippen LogP contribution is 2.46. The summed E-state index contributed by atoms with van der Waals surface area (Å²) in [6.45, 7) is 3.82. The lowest BCUT2D eigenvalue weighted by Gasteiger charge is -2.28. The molecule has 2 aromatic heterocycles. The summed E-state index contributed by atoms with van der Waals surface area (Å²) in [5.74, 6) is -2.20. The number of hydrogen-bond acceptors (Lipinski definition) is 9. The number of aliphatic carboxylic acids is 1. The van der Waals surface area contributed by atoms with Gasteiger partial charge in [0.05, 0.1) is 0 Å². The molecular formula is C59H52N4O8. The zero-order valence-electron chi connectivity index (χ0n) is 39.3. The van der Waals surface area contributed by atoms with E-state index in [1.165, 1.54) is 0 Å². The number of aromatic nitrogens is 2. The molecule has 2 amide bonds. The predicted octanol–water partition coefficient (Wildman–Crippen LogP) is 10.7. The van der Waals surface area contributed by atoms with E-state index < -0.39 is 41.8 Å². The third-order valence-corrected chi connectivity index (χ3v) is 13.8. The molecular weight excluding hydrogens is 893 g/mol. The average molecular weight is 945 g/mol. The van der Waals surface area contributed by atoms with Crippen molar-refractivity contribution in [3.8, 4) is 22.3 Å². The molecule has 2 heterocycles. The fourth-order valence-corrected chi connectivity index (χ4v) is 10.2. The number of benzene rings is 6. The Morgan fingerprint density at radius 3 is 1.55 bits per heavy atom. The quantitative estimate of drug-likeness (QED) is 0.0627. The Hall–Kier alpha value is -8.38. The number of ether oxygens (including phenoxy) is 3. The first-order chi connectivity index (χ1) is 34.5. The van der Waals surface area contributed by atoms with E-state index in [2.05, 4.69) is 50.9 Å². The van der Waals surface area contributed by atoms with E-state index >= 15 is 0 Å². The van der Waals surface area contributed by atoms with Crippen LogP contribution in [0.25, 0.3) is 43.8 Å². The van der Waals surface area contributed by atoms with Crippen molar-refractivity contribution in [1.82, 2.24) is 20.6 Å². The molecule has 0 saturated heterocycles. The largest absolute Gasteiger partial charge is 0.480 e. The van der Waals surface area contributed by atoms with E-state index in [9.17, 15) is 24.3 Å². The number of nitrogens with zero attached hydrogens (tertiary/aromatic N) is 2. The number of carboxylic acids is 1. The Kier molecular flexibility index (Phi) is 13.0. The maximum absolute atomic E-state index is 14.3. The molecule has 0 saturated carbocycles. The molecule has 3 N–H and O–H groups in total. The summed E-state index contributed by atoms with van der Waals surface area (Å²) in [5, 5.41) is 19.1. The van der Waals surface area contributed by atoms with Gasteiger partial charge in [0.1, 0.15) is 30.9 Å². The summed E-state index contributed by atoms with van der Waals surface area (Å²) in [6.07, 6.45) is 6.49. The van der Waals surface area contributed by atoms with Crippen molar-refractivity contribution in [3.05, 3.63) is 203 Å². The van der Waals surface area contributed by atoms with Crippen LogP contribution in [0.15, 0.2) is 164 Å². The molecule has 10 rings (SSSR count). The molecule has 71 heavy (non-hydrogen) atoms. The van der Waals surface area contributed by atoms with Crippen LogP contribution in [0.1, 0.15) is 71.0 Å². The van der Waals surface area contributed by atoms with E-state index in [0.29, 0.717) is 18.4 Å². The fourth-order valence-electron chi connectivity index (χ4n) is 10.2. The molecule has 12 heteroatoms. The molecule has 6 aromatic carbocycles. The average Bonchev–Trinajstić information content (AvgIpc) is 3.88. The smallest absolute Gasteiger partial charge is 0.407 e. The second-order valence-electron chi connectivity index (χ2n) is 18.8. The minimum Gasteiger partial charge on any atom is -0.480 e. The highest BCUT2D eigenvalue weighted by Gasteiger charge is 2.34. The number of carbonyl (C=O) groups is 4. The molecule has 2 aliphatic rings. The molecule has 0 bridgehead atoms. The van der Waals surface area contributed by atoms with Crippen molar-refractivity contribution in [2.75, 3.05) is 13.2 Å². The van der Waals surface area contributed by atoms with E-state index in [0.717, 1.165) is 77.2 Å². The topological polar surface area (TPSA) is 166 Å². The molecule has 0 aliphatic heterocycles. The van der Waals surface area contributed by atoms with E-state index in [-0.39, 0.29) is 37.9 Å². The van der Waals surface area contributed by atoms with Crippen LogP contribution in [0.3, 0.4) is 0 Å². The number of alkyl carbamates (subject to hydrolysis) is 2. The Morgan fingerprint density at radius 2 is 1.01 bits per heavy atom. The second-order valence-corrected chi connectivity index (χ2v) is 18.8. The van der Waals surface area contributed by atoms with Crippen LogP contribution in [0.2, 0.25) is 0 Å². The summed E-state index contributed by atoms with van der Waals surface area (Å²) in [5.41, 5.74) is 9.96. The summed E-state index contributed by atoms with van der Waals surface area (Å²) >= 11 is 0. The normalized spacial score (nSPS) is 14.4. The van der Waals surface area contributed by atoms with Gasteiger partial charge in [0.15, 0.2) is 0 Å². The van der Waals surface area contributed by atoms with Crippen molar-refractivity contribution in [3.63, 3.8) is 0 Å². The molecule has 1 unspecified atom stereocenters. The van der Waals surface area contributed by atoms with Crippen molar-refractivity contribution in [1.29, 1.82) is 0 Å². The lowest BCUT2D eigenvalue weighted by atomic mass is 9.94. The van der Waals surface area contributed by atoms with Gasteiger partial charge in [0.2, 0.25) is 0 Å². The number of esters is 1. The number of nitrogens with one attached hydrogen (secondary N) is 2. The van der Waals surface area contributed by atoms with Crippen LogP contribution < -0.4 is 10.6 Å². The maximum Gasteiger partial charge on any atom is 0.407 e. The SMILES string of the molecule is CC(C)(CCc1ccc2c(c1)-c1ccccc1C2COC(=O)N[C@@H](Cc1cncc2ccccc12)C(=O)O)OC(=O)[C@H](Cc1cncc2ccccc12)NC(=O)OCC1c2ccccc2-c2ccccc21. The van der Waals surface area contributed by atoms with Crippen LogP contribution in [-0.2, 0) is 43.1 Å². The number of rotatable bonds is 16. The monoisotopic (exact) mass is 944 g/mol. The second kappa shape index (κ2) is 19.9. The summed E-state index contributed by atoms with van der Waals surface area (Å²) in [6, 6.07) is 43.5. The number of aryl methyl sites for hydroxylation is 1. The van der Waals surface area contributed by atoms with E-state index in [1.54, 1.807) is 24.8 Å².